The van der Waals surface area contributed by atoms with Gasteiger partial charge in [0.25, 0.3) is 0 Å². The molecule has 0 saturated carbocycles. The van der Waals surface area contributed by atoms with Crippen molar-refractivity contribution >= 4 is 23.3 Å². The third kappa shape index (κ3) is 3.72. The quantitative estimate of drug-likeness (QED) is 0.475. The summed E-state index contributed by atoms with van der Waals surface area (Å²) in [6.07, 6.45) is 0.107. The summed E-state index contributed by atoms with van der Waals surface area (Å²) in [6.45, 7) is 2.29. The number of Topliss-reactive ketones (excluding diaryl/α,β-unsaturated/α-hetero) is 1. The Labute approximate surface area is 93.5 Å². The number of hydrogen-bond donors (Lipinski definition) is 1. The van der Waals surface area contributed by atoms with Crippen LogP contribution in [0.25, 0.3) is 0 Å². The Morgan fingerprint density at radius 3 is 2.53 bits per heavy atom. The summed E-state index contributed by atoms with van der Waals surface area (Å²) < 4.78 is 5.01. The maximum Gasteiger partial charge on any atom is 0.340 e. The molecule has 80 valence electrons. The number of benzene rings is 1. The van der Waals surface area contributed by atoms with Crippen LogP contribution in [0, 0.1) is 0 Å². The van der Waals surface area contributed by atoms with E-state index in [1.165, 1.54) is 0 Å². The molecule has 0 bridgehead atoms. The van der Waals surface area contributed by atoms with Crippen molar-refractivity contribution in [1.82, 2.24) is 0 Å². The largest absolute Gasteiger partial charge is 0.448 e. The SMILES string of the molecule is CCOC(=[NH2+])CC(=O)c1ccc(Cl)cc1. The molecule has 0 aromatic heterocycles. The summed E-state index contributed by atoms with van der Waals surface area (Å²) >= 11 is 5.71. The highest BCUT2D eigenvalue weighted by Crippen LogP contribution is 2.11. The fourth-order valence-electron chi connectivity index (χ4n) is 1.13. The van der Waals surface area contributed by atoms with Gasteiger partial charge in [-0.25, -0.2) is 5.41 Å². The number of carbonyl (C=O) groups is 1. The fourth-order valence-corrected chi connectivity index (χ4v) is 1.26. The Morgan fingerprint density at radius 2 is 2.00 bits per heavy atom. The zero-order chi connectivity index (χ0) is 11.3. The van der Waals surface area contributed by atoms with Gasteiger partial charge >= 0.3 is 5.90 Å². The van der Waals surface area contributed by atoms with E-state index in [2.05, 4.69) is 0 Å². The zero-order valence-electron chi connectivity index (χ0n) is 8.50. The first-order valence-electron chi connectivity index (χ1n) is 4.66. The van der Waals surface area contributed by atoms with E-state index < -0.39 is 0 Å². The zero-order valence-corrected chi connectivity index (χ0v) is 9.25. The predicted molar refractivity (Wildman–Crippen MR) is 59.0 cm³/mol. The second-order valence-corrected chi connectivity index (χ2v) is 3.44. The maximum atomic E-state index is 11.6. The van der Waals surface area contributed by atoms with Crippen LogP contribution in [-0.4, -0.2) is 18.3 Å². The van der Waals surface area contributed by atoms with Crippen LogP contribution in [0.15, 0.2) is 24.3 Å². The molecule has 0 aliphatic carbocycles. The maximum absolute atomic E-state index is 11.6. The molecule has 0 fully saturated rings. The molecule has 0 amide bonds. The molecular weight excluding hydrogens is 214 g/mol. The smallest absolute Gasteiger partial charge is 0.340 e. The number of halogens is 1. The molecule has 0 spiro atoms. The molecule has 0 unspecified atom stereocenters. The highest BCUT2D eigenvalue weighted by molar-refractivity contribution is 6.30. The molecule has 0 saturated heterocycles. The van der Waals surface area contributed by atoms with Crippen molar-refractivity contribution in [2.75, 3.05) is 6.61 Å². The minimum atomic E-state index is -0.0717. The van der Waals surface area contributed by atoms with Crippen LogP contribution in [0.3, 0.4) is 0 Å². The van der Waals surface area contributed by atoms with Gasteiger partial charge < -0.3 is 4.74 Å². The molecular formula is C11H13ClNO2+. The Morgan fingerprint density at radius 1 is 1.40 bits per heavy atom. The molecule has 3 nitrogen and oxygen atoms in total. The monoisotopic (exact) mass is 226 g/mol. The first-order chi connectivity index (χ1) is 7.13. The standard InChI is InChI=1S/C11H12ClNO2/c1-2-15-11(13)7-10(14)8-3-5-9(12)6-4-8/h3-6,13H,2,7H2,1H3/p+1. The van der Waals surface area contributed by atoms with Gasteiger partial charge in [0.1, 0.15) is 6.42 Å². The lowest BCUT2D eigenvalue weighted by molar-refractivity contribution is -0.141. The number of hydrogen-bond acceptors (Lipinski definition) is 2. The van der Waals surface area contributed by atoms with Gasteiger partial charge in [0.2, 0.25) is 0 Å². The Bertz CT molecular complexity index is 359. The Kier molecular flexibility index (Phi) is 4.31. The van der Waals surface area contributed by atoms with Gasteiger partial charge in [0.05, 0.1) is 6.61 Å². The third-order valence-corrected chi connectivity index (χ3v) is 2.08. The van der Waals surface area contributed by atoms with Crippen LogP contribution in [0.2, 0.25) is 5.02 Å². The molecule has 0 radical (unpaired) electrons. The van der Waals surface area contributed by atoms with E-state index in [0.717, 1.165) is 0 Å². The molecule has 0 aliphatic heterocycles. The number of ether oxygens (including phenoxy) is 1. The third-order valence-electron chi connectivity index (χ3n) is 1.83. The molecule has 0 heterocycles. The van der Waals surface area contributed by atoms with Crippen molar-refractivity contribution in [2.24, 2.45) is 0 Å². The van der Waals surface area contributed by atoms with Gasteiger partial charge in [0.15, 0.2) is 5.78 Å². The molecule has 1 aromatic rings. The van der Waals surface area contributed by atoms with E-state index in [-0.39, 0.29) is 18.1 Å². The summed E-state index contributed by atoms with van der Waals surface area (Å²) in [5.41, 5.74) is 0.585. The van der Waals surface area contributed by atoms with Gasteiger partial charge in [-0.1, -0.05) is 11.6 Å². The van der Waals surface area contributed by atoms with Crippen molar-refractivity contribution in [3.05, 3.63) is 34.9 Å². The van der Waals surface area contributed by atoms with E-state index in [1.807, 2.05) is 6.92 Å². The molecule has 1 rings (SSSR count). The normalized spacial score (nSPS) is 9.73. The van der Waals surface area contributed by atoms with Crippen LogP contribution in [0.4, 0.5) is 0 Å². The molecule has 2 N–H and O–H groups in total. The number of carbonyl (C=O) groups excluding carboxylic acids is 1. The topological polar surface area (TPSA) is 51.9 Å². The lowest BCUT2D eigenvalue weighted by atomic mass is 10.1. The molecule has 0 aliphatic rings. The highest BCUT2D eigenvalue weighted by Gasteiger charge is 2.13. The van der Waals surface area contributed by atoms with E-state index in [9.17, 15) is 4.79 Å². The van der Waals surface area contributed by atoms with E-state index in [1.54, 1.807) is 24.3 Å². The second kappa shape index (κ2) is 5.51. The first-order valence-corrected chi connectivity index (χ1v) is 5.04. The van der Waals surface area contributed by atoms with E-state index in [0.29, 0.717) is 17.2 Å². The van der Waals surface area contributed by atoms with Crippen LogP contribution >= 0.6 is 11.6 Å². The van der Waals surface area contributed by atoms with Gasteiger partial charge in [-0.3, -0.25) is 4.79 Å². The van der Waals surface area contributed by atoms with Gasteiger partial charge in [-0.2, -0.15) is 0 Å². The Hall–Kier alpha value is -1.35. The van der Waals surface area contributed by atoms with Crippen LogP contribution < -0.4 is 5.41 Å². The van der Waals surface area contributed by atoms with Crippen LogP contribution in [-0.2, 0) is 4.74 Å². The predicted octanol–water partition coefficient (Wildman–Crippen LogP) is 1.11. The van der Waals surface area contributed by atoms with Crippen LogP contribution in [0.5, 0.6) is 0 Å². The molecule has 15 heavy (non-hydrogen) atoms. The summed E-state index contributed by atoms with van der Waals surface area (Å²) in [4.78, 5) is 11.6. The van der Waals surface area contributed by atoms with Gasteiger partial charge in [0, 0.05) is 10.6 Å². The van der Waals surface area contributed by atoms with Crippen molar-refractivity contribution in [3.63, 3.8) is 0 Å². The van der Waals surface area contributed by atoms with Crippen molar-refractivity contribution < 1.29 is 14.9 Å². The summed E-state index contributed by atoms with van der Waals surface area (Å²) in [5, 5.41) is 6.10. The molecule has 1 aromatic carbocycles. The van der Waals surface area contributed by atoms with E-state index in [4.69, 9.17) is 21.7 Å². The number of rotatable bonds is 4. The summed E-state index contributed by atoms with van der Waals surface area (Å²) in [7, 11) is 0. The average Bonchev–Trinajstić information content (AvgIpc) is 2.18. The van der Waals surface area contributed by atoms with Crippen molar-refractivity contribution in [1.29, 1.82) is 0 Å². The summed E-state index contributed by atoms with van der Waals surface area (Å²) in [6, 6.07) is 6.69. The van der Waals surface area contributed by atoms with Crippen LogP contribution in [0.1, 0.15) is 23.7 Å². The minimum absolute atomic E-state index is 0.0717. The first kappa shape index (κ1) is 11.7. The van der Waals surface area contributed by atoms with Gasteiger partial charge in [-0.15, -0.1) is 0 Å². The highest BCUT2D eigenvalue weighted by atomic mass is 35.5. The van der Waals surface area contributed by atoms with E-state index >= 15 is 0 Å². The Balaban J connectivity index is 2.61. The minimum Gasteiger partial charge on any atom is -0.448 e. The van der Waals surface area contributed by atoms with Gasteiger partial charge in [-0.05, 0) is 31.2 Å². The molecule has 0 atom stereocenters. The van der Waals surface area contributed by atoms with Crippen molar-refractivity contribution in [2.45, 2.75) is 13.3 Å². The lowest BCUT2D eigenvalue weighted by Gasteiger charge is -2.00. The molecule has 4 heteroatoms. The summed E-state index contributed by atoms with van der Waals surface area (Å²) in [5.74, 6) is 0.176. The van der Waals surface area contributed by atoms with Crippen molar-refractivity contribution in [3.8, 4) is 0 Å². The second-order valence-electron chi connectivity index (χ2n) is 3.01. The number of ketones is 1. The fraction of sp³-hybridized carbons (Fsp3) is 0.273. The number of nitrogens with two attached hydrogens (primary N) is 1. The lowest BCUT2D eigenvalue weighted by Crippen LogP contribution is -2.42. The average molecular weight is 227 g/mol.